The SMILES string of the molecule is Cc1cnc([S+]([O-])Cc2nc3cc(C(=O)c4ccccc4)ccc3[nH]2)c(C)c1. The molecule has 0 aliphatic rings. The number of benzene rings is 2. The molecule has 0 amide bonds. The summed E-state index contributed by atoms with van der Waals surface area (Å²) in [6.45, 7) is 3.87. The standard InChI is InChI=1S/C22H19N3O2S/c1-14-10-15(2)22(23-12-14)28(27)13-20-24-18-9-8-17(11-19(18)25-20)21(26)16-6-4-3-5-7-16/h3-12H,13H2,1-2H3,(H,24,25). The first-order valence-corrected chi connectivity index (χ1v) is 10.2. The largest absolute Gasteiger partial charge is 0.610 e. The second-order valence-corrected chi connectivity index (χ2v) is 8.10. The van der Waals surface area contributed by atoms with Gasteiger partial charge in [0.25, 0.3) is 0 Å². The number of nitrogens with one attached hydrogen (secondary N) is 1. The van der Waals surface area contributed by atoms with Crippen LogP contribution in [0.1, 0.15) is 32.9 Å². The van der Waals surface area contributed by atoms with E-state index in [2.05, 4.69) is 15.0 Å². The van der Waals surface area contributed by atoms with E-state index in [0.29, 0.717) is 27.5 Å². The van der Waals surface area contributed by atoms with Crippen molar-refractivity contribution in [3.63, 3.8) is 0 Å². The zero-order valence-electron chi connectivity index (χ0n) is 15.6. The number of carbonyl (C=O) groups is 1. The number of aromatic nitrogens is 3. The highest BCUT2D eigenvalue weighted by atomic mass is 32.2. The van der Waals surface area contributed by atoms with Gasteiger partial charge < -0.3 is 9.54 Å². The zero-order chi connectivity index (χ0) is 19.7. The molecule has 2 aromatic carbocycles. The maximum atomic E-state index is 12.7. The molecule has 0 saturated carbocycles. The number of hydrogen-bond acceptors (Lipinski definition) is 4. The molecule has 0 fully saturated rings. The summed E-state index contributed by atoms with van der Waals surface area (Å²) < 4.78 is 12.7. The smallest absolute Gasteiger partial charge is 0.247 e. The number of aryl methyl sites for hydroxylation is 2. The average molecular weight is 389 g/mol. The number of fused-ring (bicyclic) bond motifs is 1. The zero-order valence-corrected chi connectivity index (χ0v) is 16.4. The fraction of sp³-hybridized carbons (Fsp3) is 0.136. The second-order valence-electron chi connectivity index (χ2n) is 6.74. The topological polar surface area (TPSA) is 81.7 Å². The van der Waals surface area contributed by atoms with Gasteiger partial charge in [0.2, 0.25) is 5.03 Å². The van der Waals surface area contributed by atoms with Crippen LogP contribution in [-0.2, 0) is 16.9 Å². The quantitative estimate of drug-likeness (QED) is 0.411. The number of carbonyl (C=O) groups excluding carboxylic acids is 1. The fourth-order valence-electron chi connectivity index (χ4n) is 3.16. The van der Waals surface area contributed by atoms with Gasteiger partial charge >= 0.3 is 0 Å². The normalized spacial score (nSPS) is 12.2. The molecule has 0 radical (unpaired) electrons. The third kappa shape index (κ3) is 3.69. The molecule has 1 atom stereocenters. The predicted octanol–water partition coefficient (Wildman–Crippen LogP) is 4.11. The van der Waals surface area contributed by atoms with E-state index in [-0.39, 0.29) is 11.5 Å². The highest BCUT2D eigenvalue weighted by molar-refractivity contribution is 7.90. The summed E-state index contributed by atoms with van der Waals surface area (Å²) in [5.74, 6) is 0.808. The molecule has 2 heterocycles. The van der Waals surface area contributed by atoms with Gasteiger partial charge in [0.05, 0.1) is 11.0 Å². The Kier molecular flexibility index (Phi) is 4.98. The number of rotatable bonds is 5. The van der Waals surface area contributed by atoms with E-state index in [1.165, 1.54) is 0 Å². The first-order valence-electron chi connectivity index (χ1n) is 8.91. The lowest BCUT2D eigenvalue weighted by Gasteiger charge is -2.10. The van der Waals surface area contributed by atoms with Crippen molar-refractivity contribution in [3.8, 4) is 0 Å². The summed E-state index contributed by atoms with van der Waals surface area (Å²) in [4.78, 5) is 24.7. The minimum atomic E-state index is -1.30. The maximum Gasteiger partial charge on any atom is 0.247 e. The van der Waals surface area contributed by atoms with E-state index in [9.17, 15) is 9.35 Å². The minimum Gasteiger partial charge on any atom is -0.610 e. The third-order valence-corrected chi connectivity index (χ3v) is 5.88. The van der Waals surface area contributed by atoms with E-state index in [1.807, 2.05) is 44.2 Å². The number of aromatic amines is 1. The highest BCUT2D eigenvalue weighted by Crippen LogP contribution is 2.21. The Morgan fingerprint density at radius 3 is 2.61 bits per heavy atom. The van der Waals surface area contributed by atoms with Crippen molar-refractivity contribution in [2.75, 3.05) is 0 Å². The van der Waals surface area contributed by atoms with Gasteiger partial charge in [-0.1, -0.05) is 30.3 Å². The van der Waals surface area contributed by atoms with Gasteiger partial charge in [-0.2, -0.15) is 0 Å². The van der Waals surface area contributed by atoms with Crippen LogP contribution in [0, 0.1) is 13.8 Å². The predicted molar refractivity (Wildman–Crippen MR) is 110 cm³/mol. The molecule has 1 N–H and O–H groups in total. The molecule has 0 saturated heterocycles. The molecule has 0 bridgehead atoms. The number of H-pyrrole nitrogens is 1. The van der Waals surface area contributed by atoms with Gasteiger partial charge in [0.1, 0.15) is 0 Å². The van der Waals surface area contributed by atoms with Crippen LogP contribution >= 0.6 is 0 Å². The van der Waals surface area contributed by atoms with E-state index >= 15 is 0 Å². The molecule has 2 aromatic heterocycles. The lowest BCUT2D eigenvalue weighted by Crippen LogP contribution is -2.10. The van der Waals surface area contributed by atoms with Crippen LogP contribution in [0.4, 0.5) is 0 Å². The lowest BCUT2D eigenvalue weighted by molar-refractivity contribution is 0.103. The maximum absolute atomic E-state index is 12.7. The Labute approximate surface area is 166 Å². The van der Waals surface area contributed by atoms with E-state index in [4.69, 9.17) is 0 Å². The van der Waals surface area contributed by atoms with Crippen molar-refractivity contribution in [1.82, 2.24) is 15.0 Å². The van der Waals surface area contributed by atoms with Gasteiger partial charge in [-0.05, 0) is 43.7 Å². The van der Waals surface area contributed by atoms with Crippen molar-refractivity contribution >= 4 is 28.0 Å². The molecule has 0 aliphatic heterocycles. The molecule has 4 aromatic rings. The molecule has 5 nitrogen and oxygen atoms in total. The van der Waals surface area contributed by atoms with Crippen molar-refractivity contribution in [2.24, 2.45) is 0 Å². The summed E-state index contributed by atoms with van der Waals surface area (Å²) in [6, 6.07) is 16.5. The van der Waals surface area contributed by atoms with Crippen LogP contribution in [0.25, 0.3) is 11.0 Å². The number of pyridine rings is 1. The molecule has 4 rings (SSSR count). The van der Waals surface area contributed by atoms with Gasteiger partial charge in [-0.3, -0.25) is 4.79 Å². The minimum absolute atomic E-state index is 0.0462. The summed E-state index contributed by atoms with van der Waals surface area (Å²) in [6.07, 6.45) is 1.72. The summed E-state index contributed by atoms with van der Waals surface area (Å²) >= 11 is -1.30. The fourth-order valence-corrected chi connectivity index (χ4v) is 4.27. The highest BCUT2D eigenvalue weighted by Gasteiger charge is 2.19. The summed E-state index contributed by atoms with van der Waals surface area (Å²) in [7, 11) is 0. The Morgan fingerprint density at radius 2 is 1.86 bits per heavy atom. The Bertz CT molecular complexity index is 1160. The van der Waals surface area contributed by atoms with E-state index in [0.717, 1.165) is 16.6 Å². The average Bonchev–Trinajstić information content (AvgIpc) is 3.09. The Hall–Kier alpha value is -2.96. The van der Waals surface area contributed by atoms with Crippen LogP contribution < -0.4 is 0 Å². The molecule has 140 valence electrons. The van der Waals surface area contributed by atoms with Crippen LogP contribution in [0.2, 0.25) is 0 Å². The molecular weight excluding hydrogens is 370 g/mol. The van der Waals surface area contributed by atoms with Crippen LogP contribution in [-0.4, -0.2) is 25.3 Å². The van der Waals surface area contributed by atoms with E-state index in [1.54, 1.807) is 30.5 Å². The Balaban J connectivity index is 1.59. The Morgan fingerprint density at radius 1 is 1.07 bits per heavy atom. The van der Waals surface area contributed by atoms with Crippen LogP contribution in [0.3, 0.4) is 0 Å². The van der Waals surface area contributed by atoms with Crippen molar-refractivity contribution < 1.29 is 9.35 Å². The van der Waals surface area contributed by atoms with Gasteiger partial charge in [0.15, 0.2) is 17.4 Å². The van der Waals surface area contributed by atoms with Crippen molar-refractivity contribution in [3.05, 3.63) is 88.9 Å². The second kappa shape index (κ2) is 7.58. The number of nitrogens with zero attached hydrogens (tertiary/aromatic N) is 2. The first-order chi connectivity index (χ1) is 13.5. The number of ketones is 1. The molecule has 1 unspecified atom stereocenters. The molecule has 0 spiro atoms. The lowest BCUT2D eigenvalue weighted by atomic mass is 10.0. The third-order valence-electron chi connectivity index (χ3n) is 4.48. The number of imidazole rings is 1. The monoisotopic (exact) mass is 389 g/mol. The van der Waals surface area contributed by atoms with Gasteiger partial charge in [0, 0.05) is 34.1 Å². The summed E-state index contributed by atoms with van der Waals surface area (Å²) in [5, 5.41) is 0.575. The summed E-state index contributed by atoms with van der Waals surface area (Å²) in [5.41, 5.74) is 4.66. The van der Waals surface area contributed by atoms with Gasteiger partial charge in [-0.25, -0.2) is 9.97 Å². The van der Waals surface area contributed by atoms with Crippen molar-refractivity contribution in [1.29, 1.82) is 0 Å². The van der Waals surface area contributed by atoms with Crippen LogP contribution in [0.15, 0.2) is 65.8 Å². The molecule has 6 heteroatoms. The number of hydrogen-bond donors (Lipinski definition) is 1. The van der Waals surface area contributed by atoms with Crippen molar-refractivity contribution in [2.45, 2.75) is 24.6 Å². The van der Waals surface area contributed by atoms with E-state index < -0.39 is 11.2 Å². The first kappa shape index (κ1) is 18.4. The molecule has 28 heavy (non-hydrogen) atoms. The molecule has 0 aliphatic carbocycles. The van der Waals surface area contributed by atoms with Gasteiger partial charge in [-0.15, -0.1) is 0 Å². The van der Waals surface area contributed by atoms with Crippen LogP contribution in [0.5, 0.6) is 0 Å². The molecular formula is C22H19N3O2S.